The number of rotatable bonds is 6. The van der Waals surface area contributed by atoms with Crippen LogP contribution in [0.2, 0.25) is 0 Å². The second-order valence-electron chi connectivity index (χ2n) is 10.7. The zero-order valence-corrected chi connectivity index (χ0v) is 25.2. The number of nitrogens with zero attached hydrogens (tertiary/aromatic N) is 5. The molecule has 0 aliphatic rings. The number of para-hydroxylation sites is 1. The van der Waals surface area contributed by atoms with Crippen LogP contribution >= 0.6 is 11.3 Å². The Bertz CT molecular complexity index is 2250. The Morgan fingerprint density at radius 1 is 0.457 bits per heavy atom. The highest BCUT2D eigenvalue weighted by Crippen LogP contribution is 2.38. The van der Waals surface area contributed by atoms with Crippen molar-refractivity contribution in [1.29, 1.82) is 15.8 Å². The first-order valence-corrected chi connectivity index (χ1v) is 15.4. The van der Waals surface area contributed by atoms with Crippen LogP contribution in [-0.2, 0) is 0 Å². The van der Waals surface area contributed by atoms with E-state index in [1.165, 1.54) is 0 Å². The number of hydrogen-bond acceptors (Lipinski definition) is 6. The lowest BCUT2D eigenvalue weighted by molar-refractivity contribution is 1.28. The number of benzene rings is 6. The van der Waals surface area contributed by atoms with Gasteiger partial charge in [-0.3, -0.25) is 0 Å². The summed E-state index contributed by atoms with van der Waals surface area (Å²) in [5.74, 6) is 0. The smallest absolute Gasteiger partial charge is 0.124 e. The van der Waals surface area contributed by atoms with Crippen LogP contribution in [0.5, 0.6) is 0 Å². The Hall–Kier alpha value is -6.52. The number of thiazole rings is 1. The van der Waals surface area contributed by atoms with Crippen molar-refractivity contribution in [3.63, 3.8) is 0 Å². The summed E-state index contributed by atoms with van der Waals surface area (Å²) >= 11 is 1.68. The first-order valence-electron chi connectivity index (χ1n) is 14.5. The molecule has 0 aliphatic carbocycles. The van der Waals surface area contributed by atoms with Crippen LogP contribution in [0.3, 0.4) is 0 Å². The zero-order valence-electron chi connectivity index (χ0n) is 24.4. The monoisotopic (exact) mass is 605 g/mol. The van der Waals surface area contributed by atoms with E-state index in [4.69, 9.17) is 4.98 Å². The lowest BCUT2D eigenvalue weighted by Crippen LogP contribution is -2.09. The first kappa shape index (κ1) is 28.3. The molecule has 0 radical (unpaired) electrons. The largest absolute Gasteiger partial charge is 0.311 e. The molecular formula is C40H23N5S. The maximum Gasteiger partial charge on any atom is 0.124 e. The Labute approximate surface area is 270 Å². The minimum atomic E-state index is 0.454. The molecule has 0 fully saturated rings. The van der Waals surface area contributed by atoms with Gasteiger partial charge in [0.15, 0.2) is 0 Å². The maximum atomic E-state index is 9.46. The van der Waals surface area contributed by atoms with E-state index in [1.54, 1.807) is 29.5 Å². The second kappa shape index (κ2) is 12.2. The van der Waals surface area contributed by atoms with E-state index in [1.807, 2.05) is 54.6 Å². The van der Waals surface area contributed by atoms with Crippen LogP contribution in [-0.4, -0.2) is 4.98 Å². The van der Waals surface area contributed by atoms with Crippen molar-refractivity contribution in [2.45, 2.75) is 0 Å². The molecule has 0 unspecified atom stereocenters. The van der Waals surface area contributed by atoms with Crippen LogP contribution in [0.1, 0.15) is 16.7 Å². The zero-order chi connectivity index (χ0) is 31.5. The van der Waals surface area contributed by atoms with Crippen molar-refractivity contribution in [3.8, 4) is 51.0 Å². The van der Waals surface area contributed by atoms with Crippen molar-refractivity contribution in [2.75, 3.05) is 4.90 Å². The summed E-state index contributed by atoms with van der Waals surface area (Å²) in [6.07, 6.45) is 0. The molecule has 0 amide bonds. The Kier molecular flexibility index (Phi) is 7.51. The number of nitriles is 3. The normalized spacial score (nSPS) is 10.5. The van der Waals surface area contributed by atoms with E-state index in [0.29, 0.717) is 16.7 Å². The molecular weight excluding hydrogens is 583 g/mol. The predicted molar refractivity (Wildman–Crippen MR) is 185 cm³/mol. The second-order valence-corrected chi connectivity index (χ2v) is 11.7. The minimum absolute atomic E-state index is 0.454. The van der Waals surface area contributed by atoms with Gasteiger partial charge in [0.2, 0.25) is 0 Å². The molecule has 0 saturated heterocycles. The summed E-state index contributed by atoms with van der Waals surface area (Å²) in [5.41, 5.74) is 10.4. The van der Waals surface area contributed by atoms with Gasteiger partial charge in [-0.1, -0.05) is 48.5 Å². The van der Waals surface area contributed by atoms with E-state index >= 15 is 0 Å². The van der Waals surface area contributed by atoms with Gasteiger partial charge in [0.25, 0.3) is 0 Å². The van der Waals surface area contributed by atoms with Gasteiger partial charge in [0.05, 0.1) is 45.1 Å². The SMILES string of the molecule is N#Cc1ccc(-c2ccc(N(c3ccc(-c4cc(C#N)cc(C#N)c4)cc3)c3ccc(-c4nc5ccccc5s4)cc3)cc2)cc1. The Morgan fingerprint density at radius 3 is 1.41 bits per heavy atom. The summed E-state index contributed by atoms with van der Waals surface area (Å²) in [6, 6.07) is 52.4. The fraction of sp³-hybridized carbons (Fsp3) is 0. The molecule has 0 atom stereocenters. The highest BCUT2D eigenvalue weighted by Gasteiger charge is 2.15. The quantitative estimate of drug-likeness (QED) is 0.188. The molecule has 1 aromatic heterocycles. The van der Waals surface area contributed by atoms with Crippen LogP contribution in [0.25, 0.3) is 43.0 Å². The van der Waals surface area contributed by atoms with Gasteiger partial charge in [0, 0.05) is 22.6 Å². The van der Waals surface area contributed by atoms with E-state index < -0.39 is 0 Å². The van der Waals surface area contributed by atoms with Crippen molar-refractivity contribution < 1.29 is 0 Å². The van der Waals surface area contributed by atoms with Gasteiger partial charge >= 0.3 is 0 Å². The summed E-state index contributed by atoms with van der Waals surface area (Å²) in [4.78, 5) is 7.03. The molecule has 0 saturated carbocycles. The van der Waals surface area contributed by atoms with Crippen molar-refractivity contribution >= 4 is 38.6 Å². The third-order valence-corrected chi connectivity index (χ3v) is 8.87. The van der Waals surface area contributed by atoms with Crippen LogP contribution in [0, 0.1) is 34.0 Å². The molecule has 6 aromatic carbocycles. The Balaban J connectivity index is 1.26. The molecule has 7 rings (SSSR count). The van der Waals surface area contributed by atoms with Gasteiger partial charge < -0.3 is 4.90 Å². The maximum absolute atomic E-state index is 9.46. The van der Waals surface area contributed by atoms with Crippen LogP contribution in [0.4, 0.5) is 17.1 Å². The standard InChI is InChI=1S/C40H23N5S/c41-24-27-5-7-30(8-6-27)31-9-15-35(16-10-31)45(36-17-11-32(12-18-36)34-22-28(25-42)21-29(23-34)26-43)37-19-13-33(14-20-37)40-44-38-3-1-2-4-39(38)46-40/h1-23H. The lowest BCUT2D eigenvalue weighted by atomic mass is 10.00. The third-order valence-electron chi connectivity index (χ3n) is 7.79. The fourth-order valence-electron chi connectivity index (χ4n) is 5.46. The minimum Gasteiger partial charge on any atom is -0.311 e. The van der Waals surface area contributed by atoms with Crippen molar-refractivity contribution in [1.82, 2.24) is 4.98 Å². The summed E-state index contributed by atoms with van der Waals surface area (Å²) < 4.78 is 1.16. The number of fused-ring (bicyclic) bond motifs is 1. The van der Waals surface area contributed by atoms with Gasteiger partial charge in [-0.2, -0.15) is 15.8 Å². The predicted octanol–water partition coefficient (Wildman–Crippen LogP) is 10.4. The molecule has 7 aromatic rings. The topological polar surface area (TPSA) is 87.5 Å². The molecule has 46 heavy (non-hydrogen) atoms. The Morgan fingerprint density at radius 2 is 0.913 bits per heavy atom. The number of anilines is 3. The summed E-state index contributed by atoms with van der Waals surface area (Å²) in [7, 11) is 0. The van der Waals surface area contributed by atoms with E-state index in [2.05, 4.69) is 89.8 Å². The molecule has 6 heteroatoms. The van der Waals surface area contributed by atoms with Gasteiger partial charge in [-0.05, 0) is 113 Å². The molecule has 1 heterocycles. The average molecular weight is 606 g/mol. The first-order chi connectivity index (χ1) is 22.6. The molecule has 0 aliphatic heterocycles. The van der Waals surface area contributed by atoms with E-state index in [-0.39, 0.29) is 0 Å². The summed E-state index contributed by atoms with van der Waals surface area (Å²) in [5, 5.41) is 29.1. The molecule has 0 N–H and O–H groups in total. The van der Waals surface area contributed by atoms with Crippen molar-refractivity contribution in [2.24, 2.45) is 0 Å². The summed E-state index contributed by atoms with van der Waals surface area (Å²) in [6.45, 7) is 0. The highest BCUT2D eigenvalue weighted by molar-refractivity contribution is 7.21. The number of aromatic nitrogens is 1. The van der Waals surface area contributed by atoms with E-state index in [9.17, 15) is 15.8 Å². The van der Waals surface area contributed by atoms with Gasteiger partial charge in [-0.15, -0.1) is 11.3 Å². The van der Waals surface area contributed by atoms with Crippen LogP contribution in [0.15, 0.2) is 140 Å². The van der Waals surface area contributed by atoms with Gasteiger partial charge in [0.1, 0.15) is 5.01 Å². The molecule has 0 spiro atoms. The van der Waals surface area contributed by atoms with Crippen LogP contribution < -0.4 is 4.90 Å². The van der Waals surface area contributed by atoms with E-state index in [0.717, 1.165) is 60.1 Å². The fourth-order valence-corrected chi connectivity index (χ4v) is 6.43. The molecule has 0 bridgehead atoms. The molecule has 214 valence electrons. The highest BCUT2D eigenvalue weighted by atomic mass is 32.1. The van der Waals surface area contributed by atoms with Crippen molar-refractivity contribution in [3.05, 3.63) is 156 Å². The number of hydrogen-bond donors (Lipinski definition) is 0. The average Bonchev–Trinajstić information content (AvgIpc) is 3.57. The third kappa shape index (κ3) is 5.59. The lowest BCUT2D eigenvalue weighted by Gasteiger charge is -2.26. The molecule has 5 nitrogen and oxygen atoms in total. The van der Waals surface area contributed by atoms with Gasteiger partial charge in [-0.25, -0.2) is 4.98 Å².